The molecule has 0 spiro atoms. The summed E-state index contributed by atoms with van der Waals surface area (Å²) in [5, 5.41) is 9.40. The van der Waals surface area contributed by atoms with Gasteiger partial charge in [0.1, 0.15) is 11.5 Å². The number of aromatic hydroxyl groups is 1. The lowest BCUT2D eigenvalue weighted by atomic mass is 9.82. The Hall–Kier alpha value is -2.75. The summed E-state index contributed by atoms with van der Waals surface area (Å²) < 4.78 is 5.17. The van der Waals surface area contributed by atoms with E-state index in [0.717, 1.165) is 17.0 Å². The molecule has 0 saturated carbocycles. The molecule has 1 aliphatic heterocycles. The molecule has 3 rings (SSSR count). The molecule has 0 unspecified atom stereocenters. The fraction of sp³-hybridized carbons (Fsp3) is 0.167. The number of carbonyl (C=O) groups excluding carboxylic acids is 1. The molecule has 1 aliphatic rings. The van der Waals surface area contributed by atoms with Crippen LogP contribution in [0.4, 0.5) is 5.69 Å². The highest BCUT2D eigenvalue weighted by atomic mass is 16.5. The number of rotatable bonds is 4. The fourth-order valence-corrected chi connectivity index (χ4v) is 2.80. The molecular formula is C18H17NO3. The first-order chi connectivity index (χ1) is 10.7. The van der Waals surface area contributed by atoms with E-state index in [0.29, 0.717) is 0 Å². The van der Waals surface area contributed by atoms with Crippen molar-refractivity contribution >= 4 is 11.6 Å². The van der Waals surface area contributed by atoms with Crippen molar-refractivity contribution in [2.24, 2.45) is 5.92 Å². The van der Waals surface area contributed by atoms with Gasteiger partial charge in [-0.2, -0.15) is 0 Å². The molecule has 4 nitrogen and oxygen atoms in total. The molecule has 1 amide bonds. The molecular weight excluding hydrogens is 278 g/mol. The lowest BCUT2D eigenvalue weighted by Crippen LogP contribution is -2.54. The summed E-state index contributed by atoms with van der Waals surface area (Å²) in [7, 11) is 1.62. The van der Waals surface area contributed by atoms with E-state index in [2.05, 4.69) is 6.58 Å². The highest BCUT2D eigenvalue weighted by Crippen LogP contribution is 2.44. The molecule has 1 heterocycles. The summed E-state index contributed by atoms with van der Waals surface area (Å²) in [6, 6.07) is 14.2. The molecule has 1 saturated heterocycles. The summed E-state index contributed by atoms with van der Waals surface area (Å²) in [5.74, 6) is 0.738. The average molecular weight is 295 g/mol. The van der Waals surface area contributed by atoms with Crippen LogP contribution in [0.15, 0.2) is 61.2 Å². The highest BCUT2D eigenvalue weighted by Gasteiger charge is 2.46. The molecule has 22 heavy (non-hydrogen) atoms. The second-order valence-electron chi connectivity index (χ2n) is 5.20. The number of anilines is 1. The van der Waals surface area contributed by atoms with Gasteiger partial charge in [-0.15, -0.1) is 6.58 Å². The zero-order chi connectivity index (χ0) is 15.7. The second kappa shape index (κ2) is 5.56. The standard InChI is InChI=1S/C18H17NO3/c1-3-16-17(12-4-10-15(22-2)11-5-12)19(18(16)21)13-6-8-14(20)9-7-13/h3-11,16-17,20H,1H2,2H3/t16-,17-/m1/s1. The number of phenolic OH excluding ortho intramolecular Hbond substituents is 1. The van der Waals surface area contributed by atoms with Crippen LogP contribution in [0.2, 0.25) is 0 Å². The van der Waals surface area contributed by atoms with Crippen LogP contribution in [0, 0.1) is 5.92 Å². The van der Waals surface area contributed by atoms with Gasteiger partial charge in [0, 0.05) is 5.69 Å². The number of carbonyl (C=O) groups is 1. The van der Waals surface area contributed by atoms with Crippen LogP contribution < -0.4 is 9.64 Å². The molecule has 0 aromatic heterocycles. The van der Waals surface area contributed by atoms with Crippen molar-refractivity contribution in [3.8, 4) is 11.5 Å². The molecule has 1 N–H and O–H groups in total. The number of phenols is 1. The maximum Gasteiger partial charge on any atom is 0.236 e. The van der Waals surface area contributed by atoms with E-state index >= 15 is 0 Å². The Labute approximate surface area is 129 Å². The number of benzene rings is 2. The van der Waals surface area contributed by atoms with Gasteiger partial charge in [0.25, 0.3) is 0 Å². The first-order valence-electron chi connectivity index (χ1n) is 7.04. The monoisotopic (exact) mass is 295 g/mol. The Morgan fingerprint density at radius 2 is 1.77 bits per heavy atom. The van der Waals surface area contributed by atoms with Crippen LogP contribution in [0.5, 0.6) is 11.5 Å². The largest absolute Gasteiger partial charge is 0.508 e. The number of ether oxygens (including phenoxy) is 1. The third-order valence-electron chi connectivity index (χ3n) is 3.98. The number of methoxy groups -OCH3 is 1. The molecule has 2 aromatic rings. The molecule has 2 aromatic carbocycles. The van der Waals surface area contributed by atoms with E-state index in [9.17, 15) is 9.90 Å². The van der Waals surface area contributed by atoms with E-state index in [-0.39, 0.29) is 23.6 Å². The van der Waals surface area contributed by atoms with Gasteiger partial charge in [0.05, 0.1) is 19.1 Å². The fourth-order valence-electron chi connectivity index (χ4n) is 2.80. The van der Waals surface area contributed by atoms with Crippen LogP contribution in [0.3, 0.4) is 0 Å². The quantitative estimate of drug-likeness (QED) is 0.695. The van der Waals surface area contributed by atoms with E-state index < -0.39 is 0 Å². The first kappa shape index (κ1) is 14.2. The topological polar surface area (TPSA) is 49.8 Å². The number of hydrogen-bond donors (Lipinski definition) is 1. The Morgan fingerprint density at radius 3 is 2.32 bits per heavy atom. The third-order valence-corrected chi connectivity index (χ3v) is 3.98. The van der Waals surface area contributed by atoms with Crippen molar-refractivity contribution in [1.29, 1.82) is 0 Å². The summed E-state index contributed by atoms with van der Waals surface area (Å²) in [4.78, 5) is 14.1. The summed E-state index contributed by atoms with van der Waals surface area (Å²) in [6.07, 6.45) is 1.69. The zero-order valence-electron chi connectivity index (χ0n) is 12.3. The van der Waals surface area contributed by atoms with E-state index in [1.165, 1.54) is 0 Å². The molecule has 0 bridgehead atoms. The average Bonchev–Trinajstić information content (AvgIpc) is 2.55. The number of hydrogen-bond acceptors (Lipinski definition) is 3. The van der Waals surface area contributed by atoms with Crippen molar-refractivity contribution in [2.45, 2.75) is 6.04 Å². The van der Waals surface area contributed by atoms with Gasteiger partial charge in [-0.05, 0) is 42.0 Å². The minimum absolute atomic E-state index is 0.0153. The maximum absolute atomic E-state index is 12.4. The lowest BCUT2D eigenvalue weighted by Gasteiger charge is -2.46. The summed E-state index contributed by atoms with van der Waals surface area (Å²) >= 11 is 0. The normalized spacial score (nSPS) is 20.4. The molecule has 4 heteroatoms. The SMILES string of the molecule is C=C[C@H]1C(=O)N(c2ccc(O)cc2)[C@@H]1c1ccc(OC)cc1. The van der Waals surface area contributed by atoms with Crippen molar-refractivity contribution in [2.75, 3.05) is 12.0 Å². The minimum Gasteiger partial charge on any atom is -0.508 e. The predicted molar refractivity (Wildman–Crippen MR) is 85.0 cm³/mol. The number of nitrogens with zero attached hydrogens (tertiary/aromatic N) is 1. The van der Waals surface area contributed by atoms with Crippen LogP contribution in [-0.2, 0) is 4.79 Å². The van der Waals surface area contributed by atoms with Crippen molar-refractivity contribution < 1.29 is 14.6 Å². The van der Waals surface area contributed by atoms with Gasteiger partial charge >= 0.3 is 0 Å². The Balaban J connectivity index is 1.95. The van der Waals surface area contributed by atoms with Crippen LogP contribution in [-0.4, -0.2) is 18.1 Å². The van der Waals surface area contributed by atoms with Crippen LogP contribution >= 0.6 is 0 Å². The van der Waals surface area contributed by atoms with E-state index in [1.807, 2.05) is 24.3 Å². The van der Waals surface area contributed by atoms with E-state index in [4.69, 9.17) is 4.74 Å². The van der Waals surface area contributed by atoms with Gasteiger partial charge in [0.2, 0.25) is 5.91 Å². The summed E-state index contributed by atoms with van der Waals surface area (Å²) in [5.41, 5.74) is 1.79. The van der Waals surface area contributed by atoms with Crippen LogP contribution in [0.1, 0.15) is 11.6 Å². The van der Waals surface area contributed by atoms with Crippen molar-refractivity contribution in [1.82, 2.24) is 0 Å². The molecule has 0 aliphatic carbocycles. The van der Waals surface area contributed by atoms with Crippen LogP contribution in [0.25, 0.3) is 0 Å². The molecule has 112 valence electrons. The van der Waals surface area contributed by atoms with Gasteiger partial charge < -0.3 is 14.7 Å². The molecule has 1 fully saturated rings. The second-order valence-corrected chi connectivity index (χ2v) is 5.20. The Bertz CT molecular complexity index is 691. The predicted octanol–water partition coefficient (Wildman–Crippen LogP) is 3.29. The van der Waals surface area contributed by atoms with Crippen molar-refractivity contribution in [3.63, 3.8) is 0 Å². The number of β-lactam (4-membered cyclic amide) rings is 1. The first-order valence-corrected chi connectivity index (χ1v) is 7.04. The maximum atomic E-state index is 12.4. The highest BCUT2D eigenvalue weighted by molar-refractivity contribution is 6.04. The van der Waals surface area contributed by atoms with Gasteiger partial charge in [-0.1, -0.05) is 18.2 Å². The smallest absolute Gasteiger partial charge is 0.236 e. The summed E-state index contributed by atoms with van der Waals surface area (Å²) in [6.45, 7) is 3.77. The Kier molecular flexibility index (Phi) is 3.59. The molecule has 0 radical (unpaired) electrons. The van der Waals surface area contributed by atoms with Gasteiger partial charge in [0.15, 0.2) is 0 Å². The number of amides is 1. The molecule has 2 atom stereocenters. The lowest BCUT2D eigenvalue weighted by molar-refractivity contribution is -0.128. The zero-order valence-corrected chi connectivity index (χ0v) is 12.3. The Morgan fingerprint density at radius 1 is 1.14 bits per heavy atom. The van der Waals surface area contributed by atoms with E-state index in [1.54, 1.807) is 42.4 Å². The van der Waals surface area contributed by atoms with Crippen molar-refractivity contribution in [3.05, 3.63) is 66.7 Å². The minimum atomic E-state index is -0.234. The third kappa shape index (κ3) is 2.22. The van der Waals surface area contributed by atoms with Gasteiger partial charge in [-0.3, -0.25) is 4.79 Å². The van der Waals surface area contributed by atoms with Gasteiger partial charge in [-0.25, -0.2) is 0 Å².